The second-order valence-electron chi connectivity index (χ2n) is 5.01. The molecule has 0 bridgehead atoms. The number of aromatic nitrogens is 1. The van der Waals surface area contributed by atoms with Crippen LogP contribution in [0.5, 0.6) is 11.6 Å². The van der Waals surface area contributed by atoms with Crippen LogP contribution < -0.4 is 10.1 Å². The van der Waals surface area contributed by atoms with Crippen LogP contribution in [0.25, 0.3) is 0 Å². The normalized spacial score (nSPS) is 10.8. The standard InChI is InChI=1S/C16H19FN2O/c1-11(2)18-10-14-5-4-6-16(19-14)20-15-8-7-13(17)9-12(15)3/h4-9,11,18H,10H2,1-3H3. The number of aryl methyl sites for hydroxylation is 1. The van der Waals surface area contributed by atoms with Crippen molar-refractivity contribution in [2.24, 2.45) is 0 Å². The zero-order valence-corrected chi connectivity index (χ0v) is 12.0. The Labute approximate surface area is 118 Å². The van der Waals surface area contributed by atoms with Crippen molar-refractivity contribution in [1.29, 1.82) is 0 Å². The third-order valence-electron chi connectivity index (χ3n) is 2.82. The van der Waals surface area contributed by atoms with Gasteiger partial charge in [-0.1, -0.05) is 19.9 Å². The first-order chi connectivity index (χ1) is 9.54. The van der Waals surface area contributed by atoms with Crippen molar-refractivity contribution in [3.05, 3.63) is 53.5 Å². The number of rotatable bonds is 5. The molecule has 0 aliphatic rings. The van der Waals surface area contributed by atoms with Gasteiger partial charge in [-0.2, -0.15) is 0 Å². The lowest BCUT2D eigenvalue weighted by molar-refractivity contribution is 0.453. The van der Waals surface area contributed by atoms with Gasteiger partial charge < -0.3 is 10.1 Å². The van der Waals surface area contributed by atoms with Crippen LogP contribution >= 0.6 is 0 Å². The number of hydrogen-bond donors (Lipinski definition) is 1. The average Bonchev–Trinajstić information content (AvgIpc) is 2.40. The highest BCUT2D eigenvalue weighted by atomic mass is 19.1. The molecular weight excluding hydrogens is 255 g/mol. The van der Waals surface area contributed by atoms with E-state index < -0.39 is 0 Å². The zero-order valence-electron chi connectivity index (χ0n) is 12.0. The van der Waals surface area contributed by atoms with Crippen LogP contribution in [0.4, 0.5) is 4.39 Å². The second-order valence-corrected chi connectivity index (χ2v) is 5.01. The van der Waals surface area contributed by atoms with Crippen molar-refractivity contribution in [3.8, 4) is 11.6 Å². The molecule has 0 atom stereocenters. The minimum Gasteiger partial charge on any atom is -0.439 e. The Bertz CT molecular complexity index is 584. The first-order valence-electron chi connectivity index (χ1n) is 6.68. The summed E-state index contributed by atoms with van der Waals surface area (Å²) in [5.74, 6) is 0.869. The third kappa shape index (κ3) is 4.03. The number of ether oxygens (including phenoxy) is 1. The van der Waals surface area contributed by atoms with Crippen LogP contribution in [-0.4, -0.2) is 11.0 Å². The Morgan fingerprint density at radius 3 is 2.75 bits per heavy atom. The zero-order chi connectivity index (χ0) is 14.5. The molecule has 1 heterocycles. The number of halogens is 1. The fourth-order valence-corrected chi connectivity index (χ4v) is 1.76. The van der Waals surface area contributed by atoms with Gasteiger partial charge in [0.1, 0.15) is 11.6 Å². The van der Waals surface area contributed by atoms with Gasteiger partial charge in [0.15, 0.2) is 0 Å². The van der Waals surface area contributed by atoms with Crippen molar-refractivity contribution in [2.45, 2.75) is 33.4 Å². The summed E-state index contributed by atoms with van der Waals surface area (Å²) in [6.45, 7) is 6.67. The van der Waals surface area contributed by atoms with Gasteiger partial charge in [-0.15, -0.1) is 0 Å². The van der Waals surface area contributed by atoms with E-state index in [4.69, 9.17) is 4.74 Å². The van der Waals surface area contributed by atoms with E-state index in [-0.39, 0.29) is 5.82 Å². The van der Waals surface area contributed by atoms with E-state index in [2.05, 4.69) is 24.1 Å². The first kappa shape index (κ1) is 14.5. The van der Waals surface area contributed by atoms with E-state index in [0.717, 1.165) is 11.3 Å². The fraction of sp³-hybridized carbons (Fsp3) is 0.312. The lowest BCUT2D eigenvalue weighted by atomic mass is 10.2. The van der Waals surface area contributed by atoms with Crippen LogP contribution in [0.15, 0.2) is 36.4 Å². The van der Waals surface area contributed by atoms with Crippen LogP contribution in [0.3, 0.4) is 0 Å². The maximum absolute atomic E-state index is 13.0. The molecule has 0 spiro atoms. The number of pyridine rings is 1. The quantitative estimate of drug-likeness (QED) is 0.900. The second kappa shape index (κ2) is 6.48. The largest absolute Gasteiger partial charge is 0.439 e. The predicted octanol–water partition coefficient (Wildman–Crippen LogP) is 3.82. The Hall–Kier alpha value is -1.94. The summed E-state index contributed by atoms with van der Waals surface area (Å²) in [4.78, 5) is 4.43. The SMILES string of the molecule is Cc1cc(F)ccc1Oc1cccc(CNC(C)C)n1. The van der Waals surface area contributed by atoms with Gasteiger partial charge in [0.05, 0.1) is 5.69 Å². The van der Waals surface area contributed by atoms with E-state index in [1.165, 1.54) is 12.1 Å². The average molecular weight is 274 g/mol. The summed E-state index contributed by atoms with van der Waals surface area (Å²) >= 11 is 0. The highest BCUT2D eigenvalue weighted by Gasteiger charge is 2.05. The molecule has 1 aromatic heterocycles. The van der Waals surface area contributed by atoms with E-state index >= 15 is 0 Å². The highest BCUT2D eigenvalue weighted by molar-refractivity contribution is 5.35. The van der Waals surface area contributed by atoms with Gasteiger partial charge in [0.2, 0.25) is 5.88 Å². The molecule has 0 saturated heterocycles. The highest BCUT2D eigenvalue weighted by Crippen LogP contribution is 2.24. The molecule has 0 amide bonds. The summed E-state index contributed by atoms with van der Waals surface area (Å²) in [6, 6.07) is 10.5. The molecule has 2 rings (SSSR count). The number of benzene rings is 1. The Kier molecular flexibility index (Phi) is 4.69. The number of hydrogen-bond acceptors (Lipinski definition) is 3. The summed E-state index contributed by atoms with van der Waals surface area (Å²) in [6.07, 6.45) is 0. The van der Waals surface area contributed by atoms with Gasteiger partial charge in [-0.05, 0) is 36.8 Å². The summed E-state index contributed by atoms with van der Waals surface area (Å²) in [5.41, 5.74) is 1.66. The van der Waals surface area contributed by atoms with E-state index in [9.17, 15) is 4.39 Å². The topological polar surface area (TPSA) is 34.1 Å². The molecule has 0 radical (unpaired) electrons. The van der Waals surface area contributed by atoms with Gasteiger partial charge in [-0.3, -0.25) is 0 Å². The summed E-state index contributed by atoms with van der Waals surface area (Å²) < 4.78 is 18.8. The van der Waals surface area contributed by atoms with Crippen molar-refractivity contribution < 1.29 is 9.13 Å². The Morgan fingerprint density at radius 1 is 1.25 bits per heavy atom. The predicted molar refractivity (Wildman–Crippen MR) is 77.4 cm³/mol. The molecule has 1 N–H and O–H groups in total. The molecule has 20 heavy (non-hydrogen) atoms. The lowest BCUT2D eigenvalue weighted by Gasteiger charge is -2.10. The Morgan fingerprint density at radius 2 is 2.05 bits per heavy atom. The van der Waals surface area contributed by atoms with Gasteiger partial charge in [-0.25, -0.2) is 9.37 Å². The van der Waals surface area contributed by atoms with Crippen molar-refractivity contribution in [3.63, 3.8) is 0 Å². The molecule has 0 unspecified atom stereocenters. The van der Waals surface area contributed by atoms with Crippen LogP contribution in [-0.2, 0) is 6.54 Å². The number of nitrogens with one attached hydrogen (secondary N) is 1. The van der Waals surface area contributed by atoms with Gasteiger partial charge >= 0.3 is 0 Å². The van der Waals surface area contributed by atoms with Crippen molar-refractivity contribution in [2.75, 3.05) is 0 Å². The van der Waals surface area contributed by atoms with Gasteiger partial charge in [0, 0.05) is 18.7 Å². The maximum atomic E-state index is 13.0. The smallest absolute Gasteiger partial charge is 0.219 e. The molecule has 0 saturated carbocycles. The minimum absolute atomic E-state index is 0.266. The van der Waals surface area contributed by atoms with Crippen LogP contribution in [0.2, 0.25) is 0 Å². The molecule has 3 nitrogen and oxygen atoms in total. The first-order valence-corrected chi connectivity index (χ1v) is 6.68. The fourth-order valence-electron chi connectivity index (χ4n) is 1.76. The van der Waals surface area contributed by atoms with Crippen molar-refractivity contribution in [1.82, 2.24) is 10.3 Å². The van der Waals surface area contributed by atoms with Gasteiger partial charge in [0.25, 0.3) is 0 Å². The maximum Gasteiger partial charge on any atom is 0.219 e. The monoisotopic (exact) mass is 274 g/mol. The molecule has 4 heteroatoms. The molecule has 0 aliphatic carbocycles. The molecular formula is C16H19FN2O. The van der Waals surface area contributed by atoms with E-state index in [1.807, 2.05) is 19.1 Å². The number of nitrogens with zero attached hydrogens (tertiary/aromatic N) is 1. The summed E-state index contributed by atoms with van der Waals surface area (Å²) in [5, 5.41) is 3.30. The molecule has 1 aromatic carbocycles. The van der Waals surface area contributed by atoms with E-state index in [1.54, 1.807) is 12.1 Å². The van der Waals surface area contributed by atoms with Crippen LogP contribution in [0.1, 0.15) is 25.1 Å². The molecule has 106 valence electrons. The third-order valence-corrected chi connectivity index (χ3v) is 2.82. The molecule has 0 aliphatic heterocycles. The molecule has 0 fully saturated rings. The molecule has 2 aromatic rings. The minimum atomic E-state index is -0.266. The summed E-state index contributed by atoms with van der Waals surface area (Å²) in [7, 11) is 0. The van der Waals surface area contributed by atoms with Crippen LogP contribution in [0, 0.1) is 12.7 Å². The Balaban J connectivity index is 2.11. The van der Waals surface area contributed by atoms with Crippen molar-refractivity contribution >= 4 is 0 Å². The van der Waals surface area contributed by atoms with E-state index in [0.29, 0.717) is 24.2 Å². The lowest BCUT2D eigenvalue weighted by Crippen LogP contribution is -2.22.